The average Bonchev–Trinajstić information content (AvgIpc) is 2.29. The Labute approximate surface area is 105 Å². The summed E-state index contributed by atoms with van der Waals surface area (Å²) >= 11 is 3.31. The summed E-state index contributed by atoms with van der Waals surface area (Å²) in [6.07, 6.45) is 0. The van der Waals surface area contributed by atoms with Crippen LogP contribution < -0.4 is 5.63 Å². The SMILES string of the molecule is CCOC(=O)c1cc2cc(Br)ccc2oc1=O. The van der Waals surface area contributed by atoms with E-state index in [4.69, 9.17) is 9.15 Å². The summed E-state index contributed by atoms with van der Waals surface area (Å²) in [6.45, 7) is 1.89. The molecule has 0 radical (unpaired) electrons. The first-order valence-electron chi connectivity index (χ1n) is 5.02. The van der Waals surface area contributed by atoms with Crippen LogP contribution >= 0.6 is 15.9 Å². The maximum atomic E-state index is 11.6. The molecule has 0 spiro atoms. The number of carbonyl (C=O) groups excluding carboxylic acids is 1. The Morgan fingerprint density at radius 1 is 1.41 bits per heavy atom. The topological polar surface area (TPSA) is 56.5 Å². The molecule has 88 valence electrons. The van der Waals surface area contributed by atoms with Crippen molar-refractivity contribution >= 4 is 32.9 Å². The minimum atomic E-state index is -0.682. The first-order chi connectivity index (χ1) is 8.11. The summed E-state index contributed by atoms with van der Waals surface area (Å²) in [4.78, 5) is 23.1. The Bertz CT molecular complexity index is 630. The molecule has 2 rings (SSSR count). The van der Waals surface area contributed by atoms with E-state index in [0.29, 0.717) is 11.0 Å². The van der Waals surface area contributed by atoms with Gasteiger partial charge in [-0.1, -0.05) is 15.9 Å². The van der Waals surface area contributed by atoms with E-state index in [1.54, 1.807) is 25.1 Å². The Morgan fingerprint density at radius 2 is 2.18 bits per heavy atom. The van der Waals surface area contributed by atoms with Crippen LogP contribution in [-0.4, -0.2) is 12.6 Å². The third-order valence-corrected chi connectivity index (χ3v) is 2.68. The van der Waals surface area contributed by atoms with Gasteiger partial charge in [0.05, 0.1) is 6.61 Å². The normalized spacial score (nSPS) is 10.5. The molecular weight excluding hydrogens is 288 g/mol. The van der Waals surface area contributed by atoms with Crippen molar-refractivity contribution in [2.75, 3.05) is 6.61 Å². The summed E-state index contributed by atoms with van der Waals surface area (Å²) in [5, 5.41) is 0.669. The van der Waals surface area contributed by atoms with E-state index in [9.17, 15) is 9.59 Å². The molecule has 0 aliphatic heterocycles. The zero-order valence-electron chi connectivity index (χ0n) is 9.03. The largest absolute Gasteiger partial charge is 0.462 e. The first kappa shape index (κ1) is 11.9. The van der Waals surface area contributed by atoms with E-state index in [1.807, 2.05) is 0 Å². The van der Waals surface area contributed by atoms with E-state index in [0.717, 1.165) is 4.47 Å². The number of carbonyl (C=O) groups is 1. The Hall–Kier alpha value is -1.62. The molecule has 0 aliphatic rings. The summed E-state index contributed by atoms with van der Waals surface area (Å²) in [5.74, 6) is -0.664. The van der Waals surface area contributed by atoms with Gasteiger partial charge in [0, 0.05) is 9.86 Å². The van der Waals surface area contributed by atoms with Crippen molar-refractivity contribution in [3.8, 4) is 0 Å². The van der Waals surface area contributed by atoms with Gasteiger partial charge in [0.15, 0.2) is 0 Å². The summed E-state index contributed by atoms with van der Waals surface area (Å²) in [5.41, 5.74) is -0.332. The van der Waals surface area contributed by atoms with E-state index in [1.165, 1.54) is 6.07 Å². The zero-order valence-corrected chi connectivity index (χ0v) is 10.6. The predicted molar refractivity (Wildman–Crippen MR) is 66.1 cm³/mol. The second-order valence-electron chi connectivity index (χ2n) is 3.35. The number of rotatable bonds is 2. The Balaban J connectivity index is 2.61. The lowest BCUT2D eigenvalue weighted by Gasteiger charge is -2.02. The number of esters is 1. The van der Waals surface area contributed by atoms with Gasteiger partial charge in [0.25, 0.3) is 0 Å². The van der Waals surface area contributed by atoms with Gasteiger partial charge in [-0.15, -0.1) is 0 Å². The molecule has 0 amide bonds. The third-order valence-electron chi connectivity index (χ3n) is 2.19. The van der Waals surface area contributed by atoms with Gasteiger partial charge < -0.3 is 9.15 Å². The van der Waals surface area contributed by atoms with Gasteiger partial charge in [0.1, 0.15) is 11.1 Å². The van der Waals surface area contributed by atoms with Crippen LogP contribution in [0.3, 0.4) is 0 Å². The third kappa shape index (κ3) is 2.39. The molecule has 1 aromatic carbocycles. The highest BCUT2D eigenvalue weighted by molar-refractivity contribution is 9.10. The van der Waals surface area contributed by atoms with Crippen LogP contribution in [0.5, 0.6) is 0 Å². The van der Waals surface area contributed by atoms with Crippen LogP contribution in [0.25, 0.3) is 11.0 Å². The Morgan fingerprint density at radius 3 is 2.88 bits per heavy atom. The maximum absolute atomic E-state index is 11.6. The number of halogens is 1. The molecule has 5 heteroatoms. The molecule has 0 N–H and O–H groups in total. The molecule has 0 saturated heterocycles. The molecule has 0 fully saturated rings. The van der Waals surface area contributed by atoms with Crippen molar-refractivity contribution in [3.05, 3.63) is 44.7 Å². The van der Waals surface area contributed by atoms with Crippen molar-refractivity contribution in [2.45, 2.75) is 6.92 Å². The zero-order chi connectivity index (χ0) is 12.4. The van der Waals surface area contributed by atoms with Gasteiger partial charge in [-0.3, -0.25) is 0 Å². The minimum Gasteiger partial charge on any atom is -0.462 e. The number of hydrogen-bond acceptors (Lipinski definition) is 4. The fraction of sp³-hybridized carbons (Fsp3) is 0.167. The smallest absolute Gasteiger partial charge is 0.351 e. The van der Waals surface area contributed by atoms with Gasteiger partial charge >= 0.3 is 11.6 Å². The van der Waals surface area contributed by atoms with E-state index >= 15 is 0 Å². The quantitative estimate of drug-likeness (QED) is 0.631. The molecule has 2 aromatic rings. The van der Waals surface area contributed by atoms with Crippen LogP contribution in [0.1, 0.15) is 17.3 Å². The van der Waals surface area contributed by atoms with Gasteiger partial charge in [-0.05, 0) is 31.2 Å². The van der Waals surface area contributed by atoms with Crippen molar-refractivity contribution in [2.24, 2.45) is 0 Å². The van der Waals surface area contributed by atoms with Gasteiger partial charge in [-0.25, -0.2) is 9.59 Å². The molecular formula is C12H9BrO4. The lowest BCUT2D eigenvalue weighted by molar-refractivity contribution is 0.0522. The van der Waals surface area contributed by atoms with Crippen molar-refractivity contribution in [1.29, 1.82) is 0 Å². The van der Waals surface area contributed by atoms with Gasteiger partial charge in [0.2, 0.25) is 0 Å². The summed E-state index contributed by atoms with van der Waals surface area (Å²) in [7, 11) is 0. The second-order valence-corrected chi connectivity index (χ2v) is 4.27. The molecule has 0 bridgehead atoms. The van der Waals surface area contributed by atoms with E-state index in [2.05, 4.69) is 15.9 Å². The predicted octanol–water partition coefficient (Wildman–Crippen LogP) is 2.73. The van der Waals surface area contributed by atoms with Crippen LogP contribution in [-0.2, 0) is 4.74 Å². The van der Waals surface area contributed by atoms with Crippen LogP contribution in [0.4, 0.5) is 0 Å². The molecule has 0 aliphatic carbocycles. The summed E-state index contributed by atoms with van der Waals surface area (Å²) in [6, 6.07) is 6.66. The molecule has 1 heterocycles. The Kier molecular flexibility index (Phi) is 3.28. The highest BCUT2D eigenvalue weighted by Gasteiger charge is 2.14. The number of fused-ring (bicyclic) bond motifs is 1. The number of hydrogen-bond donors (Lipinski definition) is 0. The minimum absolute atomic E-state index is 0.0857. The second kappa shape index (κ2) is 4.71. The molecule has 0 atom stereocenters. The van der Waals surface area contributed by atoms with Crippen molar-refractivity contribution < 1.29 is 13.9 Å². The maximum Gasteiger partial charge on any atom is 0.351 e. The monoisotopic (exact) mass is 296 g/mol. The fourth-order valence-electron chi connectivity index (χ4n) is 1.45. The molecule has 17 heavy (non-hydrogen) atoms. The molecule has 4 nitrogen and oxygen atoms in total. The number of ether oxygens (including phenoxy) is 1. The average molecular weight is 297 g/mol. The molecule has 0 unspecified atom stereocenters. The van der Waals surface area contributed by atoms with Gasteiger partial charge in [-0.2, -0.15) is 0 Å². The van der Waals surface area contributed by atoms with Crippen molar-refractivity contribution in [3.63, 3.8) is 0 Å². The molecule has 1 aromatic heterocycles. The summed E-state index contributed by atoms with van der Waals surface area (Å²) < 4.78 is 10.7. The highest BCUT2D eigenvalue weighted by atomic mass is 79.9. The number of benzene rings is 1. The molecule has 0 saturated carbocycles. The van der Waals surface area contributed by atoms with Crippen LogP contribution in [0.15, 0.2) is 37.9 Å². The van der Waals surface area contributed by atoms with E-state index in [-0.39, 0.29) is 12.2 Å². The highest BCUT2D eigenvalue weighted by Crippen LogP contribution is 2.19. The lowest BCUT2D eigenvalue weighted by Crippen LogP contribution is -2.16. The van der Waals surface area contributed by atoms with Crippen molar-refractivity contribution in [1.82, 2.24) is 0 Å². The van der Waals surface area contributed by atoms with Crippen LogP contribution in [0, 0.1) is 0 Å². The fourth-order valence-corrected chi connectivity index (χ4v) is 1.82. The van der Waals surface area contributed by atoms with Crippen LogP contribution in [0.2, 0.25) is 0 Å². The standard InChI is InChI=1S/C12H9BrO4/c1-2-16-11(14)9-6-7-5-8(13)3-4-10(7)17-12(9)15/h3-6H,2H2,1H3. The lowest BCUT2D eigenvalue weighted by atomic mass is 10.2. The van der Waals surface area contributed by atoms with E-state index < -0.39 is 11.6 Å². The first-order valence-corrected chi connectivity index (χ1v) is 5.81.